The Morgan fingerprint density at radius 3 is 1.14 bits per heavy atom. The molecule has 7 heteroatoms. The van der Waals surface area contributed by atoms with Crippen molar-refractivity contribution in [2.75, 3.05) is 0 Å². The van der Waals surface area contributed by atoms with E-state index in [9.17, 15) is 0 Å². The third-order valence-corrected chi connectivity index (χ3v) is 0. The molecule has 7 heavy (non-hydrogen) atoms. The predicted octanol–water partition coefficient (Wildman–Crippen LogP) is 3.70. The standard InChI is InChI=1S/Cl3P.F2O/c1-4(2)3;1-3-2. The average molecular weight is 191 g/mol. The minimum Gasteiger partial charge on any atom is -0.0596 e. The third kappa shape index (κ3) is 149. The minimum absolute atomic E-state index is 1.20. The lowest BCUT2D eigenvalue weighted by atomic mass is 15.4. The first-order valence-corrected chi connectivity index (χ1v) is 4.87. The minimum atomic E-state index is -1.20. The summed E-state index contributed by atoms with van der Waals surface area (Å²) in [5, 5.41) is 1.25. The summed E-state index contributed by atoms with van der Waals surface area (Å²) in [6.07, 6.45) is 0. The SMILES string of the molecule is ClP(Cl)Cl.FOF. The Labute approximate surface area is 54.4 Å². The van der Waals surface area contributed by atoms with Gasteiger partial charge in [0.2, 0.25) is 0 Å². The van der Waals surface area contributed by atoms with E-state index in [-0.39, 0.29) is 0 Å². The van der Waals surface area contributed by atoms with E-state index >= 15 is 0 Å². The van der Waals surface area contributed by atoms with Crippen molar-refractivity contribution >= 4 is 39.7 Å². The van der Waals surface area contributed by atoms with E-state index in [1.807, 2.05) is 0 Å². The lowest BCUT2D eigenvalue weighted by Crippen LogP contribution is -1.26. The summed E-state index contributed by atoms with van der Waals surface area (Å²) in [4.78, 5) is 0. The molecule has 0 amide bonds. The highest BCUT2D eigenvalue weighted by Crippen LogP contribution is 2.51. The summed E-state index contributed by atoms with van der Waals surface area (Å²) in [5.41, 5.74) is 0. The largest absolute Gasteiger partial charge is 0.179 e. The van der Waals surface area contributed by atoms with Gasteiger partial charge < -0.3 is 0 Å². The third-order valence-electron chi connectivity index (χ3n) is 0. The fourth-order valence-electron chi connectivity index (χ4n) is 0. The molecule has 0 bridgehead atoms. The molecule has 0 fully saturated rings. The molecule has 0 aromatic heterocycles. The molecule has 0 aliphatic carbocycles. The van der Waals surface area contributed by atoms with Crippen molar-refractivity contribution in [1.29, 1.82) is 0 Å². The van der Waals surface area contributed by atoms with Gasteiger partial charge in [-0.1, -0.05) is 33.7 Å². The van der Waals surface area contributed by atoms with Crippen LogP contribution in [0.5, 0.6) is 0 Å². The smallest absolute Gasteiger partial charge is 0.0596 e. The van der Waals surface area contributed by atoms with Crippen LogP contribution in [0.2, 0.25) is 0 Å². The van der Waals surface area contributed by atoms with Gasteiger partial charge in [0, 0.05) is 5.15 Å². The molecule has 0 saturated heterocycles. The molecular formula is Cl3F2OP. The molecule has 0 saturated carbocycles. The topological polar surface area (TPSA) is 9.23 Å². The Bertz CT molecular complexity index is 24.1. The summed E-state index contributed by atoms with van der Waals surface area (Å²) in [7, 11) is 0. The zero-order valence-electron chi connectivity index (χ0n) is 2.75. The first-order chi connectivity index (χ1) is 3.15. The van der Waals surface area contributed by atoms with E-state index in [4.69, 9.17) is 42.8 Å². The number of hydrogen-bond donors (Lipinski definition) is 0. The lowest BCUT2D eigenvalue weighted by Gasteiger charge is -1.68. The van der Waals surface area contributed by atoms with Gasteiger partial charge in [0.15, 0.2) is 5.98 Å². The Morgan fingerprint density at radius 2 is 1.14 bits per heavy atom. The van der Waals surface area contributed by atoms with Crippen LogP contribution in [0, 0.1) is 0 Å². The zero-order valence-corrected chi connectivity index (χ0v) is 5.91. The highest BCUT2D eigenvalue weighted by Gasteiger charge is 1.80. The quantitative estimate of drug-likeness (QED) is 0.530. The van der Waals surface area contributed by atoms with Crippen molar-refractivity contribution < 1.29 is 14.2 Å². The van der Waals surface area contributed by atoms with Crippen LogP contribution in [-0.2, 0) is 5.15 Å². The fraction of sp³-hybridized carbons (Fsp3) is 0. The van der Waals surface area contributed by atoms with Gasteiger partial charge in [-0.3, -0.25) is 0 Å². The fourth-order valence-corrected chi connectivity index (χ4v) is 0. The number of rotatable bonds is 0. The van der Waals surface area contributed by atoms with Gasteiger partial charge >= 0.3 is 0 Å². The number of hydrogen-bond acceptors (Lipinski definition) is 1. The van der Waals surface area contributed by atoms with Crippen molar-refractivity contribution in [2.45, 2.75) is 0 Å². The Morgan fingerprint density at radius 1 is 1.14 bits per heavy atom. The Balaban J connectivity index is 0. The lowest BCUT2D eigenvalue weighted by molar-refractivity contribution is -0.317. The molecule has 0 N–H and O–H groups in total. The van der Waals surface area contributed by atoms with Gasteiger partial charge in [-0.2, -0.15) is 0 Å². The van der Waals surface area contributed by atoms with E-state index < -0.39 is 5.98 Å². The molecular weight excluding hydrogens is 191 g/mol. The van der Waals surface area contributed by atoms with Gasteiger partial charge in [-0.15, -0.1) is 0 Å². The average Bonchev–Trinajstić information content (AvgIpc) is 1.33. The highest BCUT2D eigenvalue weighted by molar-refractivity contribution is 8.20. The van der Waals surface area contributed by atoms with Crippen LogP contribution < -0.4 is 0 Å². The van der Waals surface area contributed by atoms with E-state index in [1.54, 1.807) is 0 Å². The molecule has 0 heterocycles. The van der Waals surface area contributed by atoms with E-state index in [0.29, 0.717) is 0 Å². The van der Waals surface area contributed by atoms with E-state index in [0.717, 1.165) is 0 Å². The van der Waals surface area contributed by atoms with Crippen molar-refractivity contribution in [1.82, 2.24) is 0 Å². The maximum Gasteiger partial charge on any atom is 0.179 e. The molecule has 0 spiro atoms. The Kier molecular flexibility index (Phi) is 16.0. The second-order valence-electron chi connectivity index (χ2n) is 0.250. The predicted molar refractivity (Wildman–Crippen MR) is 27.8 cm³/mol. The monoisotopic (exact) mass is 190 g/mol. The second kappa shape index (κ2) is 10.2. The molecule has 0 unspecified atom stereocenters. The van der Waals surface area contributed by atoms with Crippen LogP contribution in [0.25, 0.3) is 0 Å². The zero-order chi connectivity index (χ0) is 6.28. The summed E-state index contributed by atoms with van der Waals surface area (Å²) in [6, 6.07) is 0. The Hall–Kier alpha value is 1.12. The molecule has 0 aliphatic heterocycles. The van der Waals surface area contributed by atoms with Crippen molar-refractivity contribution in [3.8, 4) is 0 Å². The molecule has 0 aliphatic rings. The summed E-state index contributed by atoms with van der Waals surface area (Å²) in [5.74, 6) is -1.20. The normalized spacial score (nSPS) is 7.71. The van der Waals surface area contributed by atoms with Crippen LogP contribution in [0.4, 0.5) is 9.05 Å². The van der Waals surface area contributed by atoms with Gasteiger partial charge in [0.1, 0.15) is 0 Å². The number of halogens is 5. The molecule has 1 nitrogen and oxygen atoms in total. The van der Waals surface area contributed by atoms with Crippen molar-refractivity contribution in [3.05, 3.63) is 0 Å². The van der Waals surface area contributed by atoms with Gasteiger partial charge in [-0.05, 0) is 9.05 Å². The molecule has 46 valence electrons. The van der Waals surface area contributed by atoms with Crippen LogP contribution in [-0.4, -0.2) is 0 Å². The molecule has 0 aromatic rings. The van der Waals surface area contributed by atoms with Gasteiger partial charge in [0.05, 0.1) is 0 Å². The maximum atomic E-state index is 9.12. The van der Waals surface area contributed by atoms with Gasteiger partial charge in [0.25, 0.3) is 0 Å². The van der Waals surface area contributed by atoms with E-state index in [2.05, 4.69) is 0 Å². The second-order valence-corrected chi connectivity index (χ2v) is 5.23. The first kappa shape index (κ1) is 11.0. The van der Waals surface area contributed by atoms with Crippen LogP contribution in [0.3, 0.4) is 0 Å². The van der Waals surface area contributed by atoms with Crippen LogP contribution in [0.1, 0.15) is 0 Å². The molecule has 0 radical (unpaired) electrons. The first-order valence-electron chi connectivity index (χ1n) is 0.816. The van der Waals surface area contributed by atoms with Crippen molar-refractivity contribution in [2.24, 2.45) is 0 Å². The van der Waals surface area contributed by atoms with Crippen LogP contribution in [0.15, 0.2) is 0 Å². The summed E-state index contributed by atoms with van der Waals surface area (Å²) < 4.78 is 18.2. The highest BCUT2D eigenvalue weighted by atomic mass is 36.0. The van der Waals surface area contributed by atoms with Crippen LogP contribution >= 0.6 is 39.7 Å². The molecule has 0 rings (SSSR count). The van der Waals surface area contributed by atoms with Crippen molar-refractivity contribution in [3.63, 3.8) is 0 Å². The summed E-state index contributed by atoms with van der Waals surface area (Å²) in [6.45, 7) is 0. The van der Waals surface area contributed by atoms with E-state index in [1.165, 1.54) is 5.15 Å². The molecule has 0 aromatic carbocycles. The maximum absolute atomic E-state index is 9.12. The molecule has 0 atom stereocenters. The van der Waals surface area contributed by atoms with Gasteiger partial charge in [-0.25, -0.2) is 0 Å². The summed E-state index contributed by atoms with van der Waals surface area (Å²) >= 11 is 14.6.